The first kappa shape index (κ1) is 10.2. The molecule has 0 atom stereocenters. The maximum absolute atomic E-state index is 5.79. The van der Waals surface area contributed by atoms with Crippen LogP contribution in [-0.4, -0.2) is 24.3 Å². The summed E-state index contributed by atoms with van der Waals surface area (Å²) >= 11 is 0. The fraction of sp³-hybridized carbons (Fsp3) is 0.545. The number of anilines is 1. The molecule has 2 rings (SSSR count). The van der Waals surface area contributed by atoms with Gasteiger partial charge in [0.25, 0.3) is 0 Å². The molecule has 1 aliphatic rings. The van der Waals surface area contributed by atoms with E-state index in [0.29, 0.717) is 11.6 Å². The summed E-state index contributed by atoms with van der Waals surface area (Å²) in [6.07, 6.45) is 2.01. The Balaban J connectivity index is 2.05. The summed E-state index contributed by atoms with van der Waals surface area (Å²) in [5.41, 5.74) is 7.31. The summed E-state index contributed by atoms with van der Waals surface area (Å²) in [5.74, 6) is 0.557. The van der Waals surface area contributed by atoms with Gasteiger partial charge >= 0.3 is 0 Å². The highest BCUT2D eigenvalue weighted by molar-refractivity contribution is 5.48. The molecule has 1 aliphatic heterocycles. The highest BCUT2D eigenvalue weighted by Crippen LogP contribution is 2.22. The van der Waals surface area contributed by atoms with Crippen molar-refractivity contribution in [2.45, 2.75) is 25.9 Å². The van der Waals surface area contributed by atoms with Crippen LogP contribution in [0.15, 0.2) is 12.1 Å². The first-order valence-corrected chi connectivity index (χ1v) is 5.23. The fourth-order valence-electron chi connectivity index (χ4n) is 1.59. The minimum Gasteiger partial charge on any atom is -0.473 e. The second kappa shape index (κ2) is 4.49. The monoisotopic (exact) mass is 208 g/mol. The number of ether oxygens (including phenoxy) is 2. The van der Waals surface area contributed by atoms with Crippen LogP contribution in [0.2, 0.25) is 0 Å². The third kappa shape index (κ3) is 2.59. The van der Waals surface area contributed by atoms with Crippen LogP contribution < -0.4 is 10.5 Å². The van der Waals surface area contributed by atoms with Crippen LogP contribution in [0.4, 0.5) is 5.69 Å². The number of nitrogens with zero attached hydrogens (tertiary/aromatic N) is 1. The molecule has 0 unspecified atom stereocenters. The van der Waals surface area contributed by atoms with Crippen molar-refractivity contribution in [1.82, 2.24) is 4.98 Å². The molecule has 0 spiro atoms. The first-order chi connectivity index (χ1) is 7.25. The van der Waals surface area contributed by atoms with Gasteiger partial charge in [-0.15, -0.1) is 0 Å². The minimum atomic E-state index is 0.190. The smallest absolute Gasteiger partial charge is 0.237 e. The Morgan fingerprint density at radius 1 is 1.40 bits per heavy atom. The Morgan fingerprint density at radius 3 is 2.87 bits per heavy atom. The van der Waals surface area contributed by atoms with Crippen LogP contribution >= 0.6 is 0 Å². The number of nitrogen functional groups attached to an aromatic ring is 1. The molecule has 0 aromatic carbocycles. The summed E-state index contributed by atoms with van der Waals surface area (Å²) in [6, 6.07) is 3.71. The molecular weight excluding hydrogens is 192 g/mol. The van der Waals surface area contributed by atoms with Crippen molar-refractivity contribution in [3.63, 3.8) is 0 Å². The summed E-state index contributed by atoms with van der Waals surface area (Å²) < 4.78 is 11.0. The molecule has 1 saturated heterocycles. The molecule has 0 radical (unpaired) electrons. The summed E-state index contributed by atoms with van der Waals surface area (Å²) in [7, 11) is 0. The van der Waals surface area contributed by atoms with Gasteiger partial charge in [-0.05, 0) is 19.1 Å². The van der Waals surface area contributed by atoms with E-state index in [1.165, 1.54) is 0 Å². The van der Waals surface area contributed by atoms with Crippen molar-refractivity contribution < 1.29 is 9.47 Å². The second-order valence-electron chi connectivity index (χ2n) is 3.78. The van der Waals surface area contributed by atoms with E-state index in [4.69, 9.17) is 15.2 Å². The van der Waals surface area contributed by atoms with E-state index in [2.05, 4.69) is 4.98 Å². The van der Waals surface area contributed by atoms with Crippen molar-refractivity contribution >= 4 is 5.69 Å². The quantitative estimate of drug-likeness (QED) is 0.800. The van der Waals surface area contributed by atoms with Gasteiger partial charge in [-0.3, -0.25) is 0 Å². The Hall–Kier alpha value is -1.29. The van der Waals surface area contributed by atoms with Crippen LogP contribution in [0.5, 0.6) is 5.88 Å². The molecule has 2 N–H and O–H groups in total. The Morgan fingerprint density at radius 2 is 2.13 bits per heavy atom. The van der Waals surface area contributed by atoms with Crippen LogP contribution in [0.1, 0.15) is 18.5 Å². The molecule has 1 aromatic rings. The van der Waals surface area contributed by atoms with Crippen LogP contribution in [0.3, 0.4) is 0 Å². The molecule has 0 aliphatic carbocycles. The van der Waals surface area contributed by atoms with Gasteiger partial charge in [-0.2, -0.15) is 0 Å². The van der Waals surface area contributed by atoms with E-state index in [-0.39, 0.29) is 6.10 Å². The molecule has 2 heterocycles. The third-order valence-corrected chi connectivity index (χ3v) is 2.48. The van der Waals surface area contributed by atoms with Gasteiger partial charge in [-0.1, -0.05) is 0 Å². The molecule has 0 amide bonds. The molecule has 1 fully saturated rings. The SMILES string of the molecule is Cc1ccc(N)c(OC2CCOCC2)n1. The average molecular weight is 208 g/mol. The first-order valence-electron chi connectivity index (χ1n) is 5.23. The second-order valence-corrected chi connectivity index (χ2v) is 3.78. The lowest BCUT2D eigenvalue weighted by atomic mass is 10.1. The van der Waals surface area contributed by atoms with Gasteiger partial charge in [-0.25, -0.2) is 4.98 Å². The van der Waals surface area contributed by atoms with Gasteiger partial charge in [0.2, 0.25) is 5.88 Å². The van der Waals surface area contributed by atoms with Crippen LogP contribution in [0, 0.1) is 6.92 Å². The topological polar surface area (TPSA) is 57.4 Å². The average Bonchev–Trinajstić information content (AvgIpc) is 2.25. The van der Waals surface area contributed by atoms with Gasteiger partial charge < -0.3 is 15.2 Å². The maximum atomic E-state index is 5.79. The van der Waals surface area contributed by atoms with Crippen molar-refractivity contribution in [2.75, 3.05) is 18.9 Å². The standard InChI is InChI=1S/C11H16N2O2/c1-8-2-3-10(12)11(13-8)15-9-4-6-14-7-5-9/h2-3,9H,4-7,12H2,1H3. The van der Waals surface area contributed by atoms with Crippen molar-refractivity contribution in [1.29, 1.82) is 0 Å². The molecule has 4 heteroatoms. The summed E-state index contributed by atoms with van der Waals surface area (Å²) in [4.78, 5) is 4.28. The molecule has 0 saturated carbocycles. The van der Waals surface area contributed by atoms with E-state index in [9.17, 15) is 0 Å². The van der Waals surface area contributed by atoms with Gasteiger partial charge in [0.1, 0.15) is 6.10 Å². The molecule has 1 aromatic heterocycles. The maximum Gasteiger partial charge on any atom is 0.237 e. The van der Waals surface area contributed by atoms with E-state index in [0.717, 1.165) is 31.7 Å². The largest absolute Gasteiger partial charge is 0.473 e. The number of hydrogen-bond acceptors (Lipinski definition) is 4. The van der Waals surface area contributed by atoms with E-state index < -0.39 is 0 Å². The minimum absolute atomic E-state index is 0.190. The Kier molecular flexibility index (Phi) is 3.06. The normalized spacial score (nSPS) is 17.7. The lowest BCUT2D eigenvalue weighted by Gasteiger charge is -2.23. The van der Waals surface area contributed by atoms with Crippen molar-refractivity contribution in [3.8, 4) is 5.88 Å². The number of nitrogens with two attached hydrogens (primary N) is 1. The Bertz CT molecular complexity index is 335. The molecule has 0 bridgehead atoms. The highest BCUT2D eigenvalue weighted by atomic mass is 16.5. The predicted molar refractivity (Wildman–Crippen MR) is 57.9 cm³/mol. The number of aryl methyl sites for hydroxylation is 1. The highest BCUT2D eigenvalue weighted by Gasteiger charge is 2.16. The van der Waals surface area contributed by atoms with Crippen LogP contribution in [-0.2, 0) is 4.74 Å². The number of rotatable bonds is 2. The fourth-order valence-corrected chi connectivity index (χ4v) is 1.59. The van der Waals surface area contributed by atoms with E-state index >= 15 is 0 Å². The zero-order valence-corrected chi connectivity index (χ0v) is 8.90. The zero-order chi connectivity index (χ0) is 10.7. The van der Waals surface area contributed by atoms with E-state index in [1.54, 1.807) is 0 Å². The Labute approximate surface area is 89.4 Å². The van der Waals surface area contributed by atoms with Gasteiger partial charge in [0, 0.05) is 18.5 Å². The molecular formula is C11H16N2O2. The summed E-state index contributed by atoms with van der Waals surface area (Å²) in [5, 5.41) is 0. The summed E-state index contributed by atoms with van der Waals surface area (Å²) in [6.45, 7) is 3.45. The lowest BCUT2D eigenvalue weighted by Crippen LogP contribution is -2.26. The van der Waals surface area contributed by atoms with Crippen molar-refractivity contribution in [2.24, 2.45) is 0 Å². The number of hydrogen-bond donors (Lipinski definition) is 1. The van der Waals surface area contributed by atoms with Gasteiger partial charge in [0.15, 0.2) is 0 Å². The van der Waals surface area contributed by atoms with E-state index in [1.807, 2.05) is 19.1 Å². The zero-order valence-electron chi connectivity index (χ0n) is 8.90. The molecule has 82 valence electrons. The number of aromatic nitrogens is 1. The third-order valence-electron chi connectivity index (χ3n) is 2.48. The van der Waals surface area contributed by atoms with Crippen LogP contribution in [0.25, 0.3) is 0 Å². The molecule has 4 nitrogen and oxygen atoms in total. The number of pyridine rings is 1. The molecule has 15 heavy (non-hydrogen) atoms. The van der Waals surface area contributed by atoms with Gasteiger partial charge in [0.05, 0.1) is 18.9 Å². The predicted octanol–water partition coefficient (Wildman–Crippen LogP) is 1.53. The van der Waals surface area contributed by atoms with Crippen molar-refractivity contribution in [3.05, 3.63) is 17.8 Å². The lowest BCUT2D eigenvalue weighted by molar-refractivity contribution is 0.0240.